The molecule has 0 amide bonds. The Morgan fingerprint density at radius 3 is 2.82 bits per heavy atom. The van der Waals surface area contributed by atoms with E-state index in [1.165, 1.54) is 11.3 Å². The third-order valence-electron chi connectivity index (χ3n) is 2.31. The SMILES string of the molecule is Cc1nnc2sc(-c3cc(N)cc(Cl)c3)nn12. The highest BCUT2D eigenvalue weighted by Gasteiger charge is 2.11. The van der Waals surface area contributed by atoms with Crippen LogP contribution in [0.15, 0.2) is 18.2 Å². The van der Waals surface area contributed by atoms with Gasteiger partial charge in [0.05, 0.1) is 0 Å². The van der Waals surface area contributed by atoms with E-state index in [0.29, 0.717) is 10.7 Å². The second-order valence-corrected chi connectivity index (χ2v) is 5.01. The summed E-state index contributed by atoms with van der Waals surface area (Å²) in [5.74, 6) is 0.762. The summed E-state index contributed by atoms with van der Waals surface area (Å²) in [5, 5.41) is 13.8. The lowest BCUT2D eigenvalue weighted by atomic mass is 10.2. The molecule has 0 atom stereocenters. The molecule has 0 aliphatic carbocycles. The molecule has 5 nitrogen and oxygen atoms in total. The fourth-order valence-corrected chi connectivity index (χ4v) is 2.68. The minimum Gasteiger partial charge on any atom is -0.399 e. The number of rotatable bonds is 1. The Bertz CT molecular complexity index is 682. The van der Waals surface area contributed by atoms with E-state index in [1.54, 1.807) is 10.6 Å². The van der Waals surface area contributed by atoms with Crippen LogP contribution in [0.2, 0.25) is 5.02 Å². The zero-order valence-electron chi connectivity index (χ0n) is 8.88. The number of nitrogen functional groups attached to an aromatic ring is 1. The van der Waals surface area contributed by atoms with Crippen LogP contribution in [-0.4, -0.2) is 19.8 Å². The molecule has 3 aromatic rings. The van der Waals surface area contributed by atoms with Crippen LogP contribution in [0.1, 0.15) is 5.82 Å². The molecule has 0 bridgehead atoms. The Morgan fingerprint density at radius 2 is 2.12 bits per heavy atom. The van der Waals surface area contributed by atoms with Crippen molar-refractivity contribution in [1.29, 1.82) is 0 Å². The van der Waals surface area contributed by atoms with Crippen molar-refractivity contribution < 1.29 is 0 Å². The van der Waals surface area contributed by atoms with Crippen molar-refractivity contribution in [3.63, 3.8) is 0 Å². The number of nitrogens with two attached hydrogens (primary N) is 1. The number of aromatic nitrogens is 4. The molecule has 0 saturated heterocycles. The predicted molar refractivity (Wildman–Crippen MR) is 68.3 cm³/mol. The molecule has 0 aliphatic rings. The van der Waals surface area contributed by atoms with E-state index in [9.17, 15) is 0 Å². The Hall–Kier alpha value is -1.66. The molecule has 0 saturated carbocycles. The molecule has 2 aromatic heterocycles. The van der Waals surface area contributed by atoms with Crippen LogP contribution in [0.5, 0.6) is 0 Å². The minimum absolute atomic E-state index is 0.600. The molecule has 2 heterocycles. The van der Waals surface area contributed by atoms with Crippen molar-refractivity contribution in [3.8, 4) is 10.6 Å². The number of anilines is 1. The number of aryl methyl sites for hydroxylation is 1. The smallest absolute Gasteiger partial charge is 0.234 e. The number of fused-ring (bicyclic) bond motifs is 1. The largest absolute Gasteiger partial charge is 0.399 e. The molecule has 0 unspecified atom stereocenters. The second kappa shape index (κ2) is 3.68. The zero-order valence-corrected chi connectivity index (χ0v) is 10.5. The Kier molecular flexibility index (Phi) is 2.27. The van der Waals surface area contributed by atoms with Crippen LogP contribution in [0.25, 0.3) is 15.5 Å². The average molecular weight is 266 g/mol. The normalized spacial score (nSPS) is 11.2. The van der Waals surface area contributed by atoms with Crippen LogP contribution < -0.4 is 5.73 Å². The highest BCUT2D eigenvalue weighted by atomic mass is 35.5. The van der Waals surface area contributed by atoms with Gasteiger partial charge in [0.15, 0.2) is 5.82 Å². The van der Waals surface area contributed by atoms with Gasteiger partial charge < -0.3 is 5.73 Å². The van der Waals surface area contributed by atoms with E-state index >= 15 is 0 Å². The lowest BCUT2D eigenvalue weighted by molar-refractivity contribution is 0.898. The number of halogens is 1. The summed E-state index contributed by atoms with van der Waals surface area (Å²) in [4.78, 5) is 0.760. The lowest BCUT2D eigenvalue weighted by Gasteiger charge is -1.99. The Labute approximate surface area is 106 Å². The molecule has 0 aliphatic heterocycles. The predicted octanol–water partition coefficient (Wildman–Crippen LogP) is 2.40. The standard InChI is InChI=1S/C10H8ClN5S/c1-5-13-14-10-16(5)15-9(17-10)6-2-7(11)4-8(12)3-6/h2-4H,12H2,1H3. The van der Waals surface area contributed by atoms with Gasteiger partial charge in [-0.1, -0.05) is 22.9 Å². The molecule has 7 heteroatoms. The fraction of sp³-hybridized carbons (Fsp3) is 0.100. The van der Waals surface area contributed by atoms with Gasteiger partial charge in [0.2, 0.25) is 4.96 Å². The van der Waals surface area contributed by atoms with Gasteiger partial charge in [0, 0.05) is 16.3 Å². The summed E-state index contributed by atoms with van der Waals surface area (Å²) in [6.07, 6.45) is 0. The number of nitrogens with zero attached hydrogens (tertiary/aromatic N) is 4. The van der Waals surface area contributed by atoms with Crippen LogP contribution in [0, 0.1) is 6.92 Å². The van der Waals surface area contributed by atoms with Crippen molar-refractivity contribution in [2.45, 2.75) is 6.92 Å². The van der Waals surface area contributed by atoms with Crippen LogP contribution >= 0.6 is 22.9 Å². The van der Waals surface area contributed by atoms with E-state index in [2.05, 4.69) is 15.3 Å². The Balaban J connectivity index is 2.19. The van der Waals surface area contributed by atoms with Crippen molar-refractivity contribution in [2.24, 2.45) is 0 Å². The molecule has 1 aromatic carbocycles. The molecule has 0 spiro atoms. The summed E-state index contributed by atoms with van der Waals surface area (Å²) in [5.41, 5.74) is 7.27. The van der Waals surface area contributed by atoms with E-state index in [-0.39, 0.29) is 0 Å². The quantitative estimate of drug-likeness (QED) is 0.686. The highest BCUT2D eigenvalue weighted by molar-refractivity contribution is 7.19. The first-order valence-corrected chi connectivity index (χ1v) is 6.08. The first-order chi connectivity index (χ1) is 8.13. The maximum absolute atomic E-state index is 5.97. The van der Waals surface area contributed by atoms with Gasteiger partial charge in [0.25, 0.3) is 0 Å². The molecule has 2 N–H and O–H groups in total. The summed E-state index contributed by atoms with van der Waals surface area (Å²) in [6.45, 7) is 1.86. The number of hydrogen-bond acceptors (Lipinski definition) is 5. The van der Waals surface area contributed by atoms with Crippen molar-refractivity contribution in [2.75, 3.05) is 5.73 Å². The van der Waals surface area contributed by atoms with Gasteiger partial charge in [0.1, 0.15) is 5.01 Å². The maximum atomic E-state index is 5.97. The first-order valence-electron chi connectivity index (χ1n) is 4.89. The maximum Gasteiger partial charge on any atom is 0.234 e. The molecule has 3 rings (SSSR count). The van der Waals surface area contributed by atoms with E-state index in [4.69, 9.17) is 17.3 Å². The van der Waals surface area contributed by atoms with E-state index in [0.717, 1.165) is 21.4 Å². The lowest BCUT2D eigenvalue weighted by Crippen LogP contribution is -1.90. The van der Waals surface area contributed by atoms with Gasteiger partial charge in [-0.25, -0.2) is 0 Å². The van der Waals surface area contributed by atoms with Gasteiger partial charge in [-0.05, 0) is 25.1 Å². The second-order valence-electron chi connectivity index (χ2n) is 3.62. The summed E-state index contributed by atoms with van der Waals surface area (Å²) in [7, 11) is 0. The van der Waals surface area contributed by atoms with E-state index in [1.807, 2.05) is 19.1 Å². The highest BCUT2D eigenvalue weighted by Crippen LogP contribution is 2.29. The topological polar surface area (TPSA) is 69.1 Å². The van der Waals surface area contributed by atoms with E-state index < -0.39 is 0 Å². The molecular weight excluding hydrogens is 258 g/mol. The van der Waals surface area contributed by atoms with Gasteiger partial charge in [-0.2, -0.15) is 9.61 Å². The van der Waals surface area contributed by atoms with Gasteiger partial charge >= 0.3 is 0 Å². The van der Waals surface area contributed by atoms with Gasteiger partial charge in [-0.15, -0.1) is 10.2 Å². The third kappa shape index (κ3) is 1.75. The van der Waals surface area contributed by atoms with Crippen molar-refractivity contribution in [1.82, 2.24) is 19.8 Å². The summed E-state index contributed by atoms with van der Waals surface area (Å²) in [6, 6.07) is 5.38. The van der Waals surface area contributed by atoms with Gasteiger partial charge in [-0.3, -0.25) is 0 Å². The first kappa shape index (κ1) is 10.5. The molecule has 0 fully saturated rings. The number of hydrogen-bond donors (Lipinski definition) is 1. The van der Waals surface area contributed by atoms with Crippen molar-refractivity contribution in [3.05, 3.63) is 29.0 Å². The molecule has 0 radical (unpaired) electrons. The number of benzene rings is 1. The summed E-state index contributed by atoms with van der Waals surface area (Å²) >= 11 is 7.42. The van der Waals surface area contributed by atoms with Crippen LogP contribution in [0.4, 0.5) is 5.69 Å². The molecule has 86 valence electrons. The molecular formula is C10H8ClN5S. The van der Waals surface area contributed by atoms with Crippen LogP contribution in [0.3, 0.4) is 0 Å². The third-order valence-corrected chi connectivity index (χ3v) is 3.48. The fourth-order valence-electron chi connectivity index (χ4n) is 1.57. The molecule has 17 heavy (non-hydrogen) atoms. The Morgan fingerprint density at radius 1 is 1.29 bits per heavy atom. The van der Waals surface area contributed by atoms with Crippen molar-refractivity contribution >= 4 is 33.6 Å². The summed E-state index contributed by atoms with van der Waals surface area (Å²) < 4.78 is 1.71. The average Bonchev–Trinajstić information content (AvgIpc) is 2.80. The zero-order chi connectivity index (χ0) is 12.0. The monoisotopic (exact) mass is 265 g/mol. The minimum atomic E-state index is 0.600. The van der Waals surface area contributed by atoms with Crippen LogP contribution in [-0.2, 0) is 0 Å².